The van der Waals surface area contributed by atoms with Crippen LogP contribution in [0.5, 0.6) is 0 Å². The van der Waals surface area contributed by atoms with E-state index in [0.717, 1.165) is 17.0 Å². The maximum Gasteiger partial charge on any atom is 0.238 e. The van der Waals surface area contributed by atoms with Crippen molar-refractivity contribution in [1.29, 1.82) is 0 Å². The molecule has 0 spiro atoms. The minimum Gasteiger partial charge on any atom is -0.383 e. The van der Waals surface area contributed by atoms with Crippen molar-refractivity contribution >= 4 is 22.3 Å². The molecule has 2 amide bonds. The first-order valence-electron chi connectivity index (χ1n) is 6.29. The number of rotatable bonds is 7. The Hall–Kier alpha value is -1.19. The molecule has 0 aromatic rings. The van der Waals surface area contributed by atoms with Crippen molar-refractivity contribution < 1.29 is 22.7 Å². The quantitative estimate of drug-likeness (QED) is 0.518. The van der Waals surface area contributed by atoms with Crippen molar-refractivity contribution in [2.75, 3.05) is 59.2 Å². The molecule has 20 heavy (non-hydrogen) atoms. The standard InChI is InChI=1S/C11H21N3O5S/c1-19-8-7-14(20(2,17)18)9-11(16)13-5-3-12(10-15)4-6-13/h10H,3-9H2,1-2H3. The lowest BCUT2D eigenvalue weighted by atomic mass is 10.3. The van der Waals surface area contributed by atoms with E-state index < -0.39 is 10.0 Å². The molecule has 0 bridgehead atoms. The van der Waals surface area contributed by atoms with Crippen LogP contribution >= 0.6 is 0 Å². The van der Waals surface area contributed by atoms with Gasteiger partial charge in [0.05, 0.1) is 19.4 Å². The summed E-state index contributed by atoms with van der Waals surface area (Å²) in [7, 11) is -1.97. The van der Waals surface area contributed by atoms with Gasteiger partial charge < -0.3 is 14.5 Å². The van der Waals surface area contributed by atoms with E-state index in [2.05, 4.69) is 0 Å². The van der Waals surface area contributed by atoms with E-state index in [1.807, 2.05) is 0 Å². The molecule has 0 aliphatic carbocycles. The molecule has 0 N–H and O–H groups in total. The van der Waals surface area contributed by atoms with Gasteiger partial charge in [-0.1, -0.05) is 0 Å². The fraction of sp³-hybridized carbons (Fsp3) is 0.818. The molecule has 0 unspecified atom stereocenters. The number of nitrogens with zero attached hydrogens (tertiary/aromatic N) is 3. The predicted octanol–water partition coefficient (Wildman–Crippen LogP) is -1.80. The molecule has 0 saturated carbocycles. The Morgan fingerprint density at radius 2 is 1.90 bits per heavy atom. The summed E-state index contributed by atoms with van der Waals surface area (Å²) in [4.78, 5) is 25.8. The minimum absolute atomic E-state index is 0.148. The Balaban J connectivity index is 2.56. The lowest BCUT2D eigenvalue weighted by Crippen LogP contribution is -2.51. The van der Waals surface area contributed by atoms with Gasteiger partial charge in [-0.2, -0.15) is 4.31 Å². The van der Waals surface area contributed by atoms with E-state index in [9.17, 15) is 18.0 Å². The van der Waals surface area contributed by atoms with E-state index >= 15 is 0 Å². The zero-order valence-electron chi connectivity index (χ0n) is 11.8. The van der Waals surface area contributed by atoms with Crippen molar-refractivity contribution in [3.8, 4) is 0 Å². The Labute approximate surface area is 119 Å². The fourth-order valence-corrected chi connectivity index (χ4v) is 2.63. The molecule has 116 valence electrons. The van der Waals surface area contributed by atoms with Gasteiger partial charge in [0.1, 0.15) is 0 Å². The molecule has 1 rings (SSSR count). The molecule has 0 aromatic heterocycles. The SMILES string of the molecule is COCCN(CC(=O)N1CCN(C=O)CC1)S(C)(=O)=O. The molecule has 1 saturated heterocycles. The van der Waals surface area contributed by atoms with Crippen molar-refractivity contribution in [3.63, 3.8) is 0 Å². The fourth-order valence-electron chi connectivity index (χ4n) is 1.88. The molecular formula is C11H21N3O5S. The normalized spacial score (nSPS) is 16.6. The largest absolute Gasteiger partial charge is 0.383 e. The Morgan fingerprint density at radius 1 is 1.30 bits per heavy atom. The summed E-state index contributed by atoms with van der Waals surface area (Å²) in [6.45, 7) is 2.01. The van der Waals surface area contributed by atoms with Crippen LogP contribution in [0.3, 0.4) is 0 Å². The first-order chi connectivity index (χ1) is 9.38. The van der Waals surface area contributed by atoms with Crippen LogP contribution in [0.1, 0.15) is 0 Å². The minimum atomic E-state index is -3.45. The third kappa shape index (κ3) is 5.06. The topological polar surface area (TPSA) is 87.2 Å². The van der Waals surface area contributed by atoms with Gasteiger partial charge in [0.15, 0.2) is 0 Å². The third-order valence-corrected chi connectivity index (χ3v) is 4.39. The molecule has 1 fully saturated rings. The number of piperazine rings is 1. The van der Waals surface area contributed by atoms with Gasteiger partial charge >= 0.3 is 0 Å². The number of amides is 2. The molecule has 0 atom stereocenters. The number of hydrogen-bond donors (Lipinski definition) is 0. The monoisotopic (exact) mass is 307 g/mol. The molecule has 9 heteroatoms. The maximum atomic E-state index is 12.1. The van der Waals surface area contributed by atoms with Gasteiger partial charge in [-0.25, -0.2) is 8.42 Å². The van der Waals surface area contributed by atoms with Gasteiger partial charge in [-0.05, 0) is 0 Å². The van der Waals surface area contributed by atoms with E-state index in [-0.39, 0.29) is 25.6 Å². The van der Waals surface area contributed by atoms with E-state index in [4.69, 9.17) is 4.74 Å². The summed E-state index contributed by atoms with van der Waals surface area (Å²) >= 11 is 0. The molecule has 1 aliphatic rings. The van der Waals surface area contributed by atoms with Crippen LogP contribution in [0.25, 0.3) is 0 Å². The van der Waals surface area contributed by atoms with Gasteiger partial charge in [-0.3, -0.25) is 9.59 Å². The van der Waals surface area contributed by atoms with Gasteiger partial charge in [-0.15, -0.1) is 0 Å². The van der Waals surface area contributed by atoms with Crippen LogP contribution in [0.2, 0.25) is 0 Å². The first-order valence-corrected chi connectivity index (χ1v) is 8.14. The zero-order chi connectivity index (χ0) is 15.2. The van der Waals surface area contributed by atoms with Crippen molar-refractivity contribution in [3.05, 3.63) is 0 Å². The van der Waals surface area contributed by atoms with Crippen LogP contribution in [0.4, 0.5) is 0 Å². The highest BCUT2D eigenvalue weighted by molar-refractivity contribution is 7.88. The first kappa shape index (κ1) is 16.9. The highest BCUT2D eigenvalue weighted by Crippen LogP contribution is 2.04. The highest BCUT2D eigenvalue weighted by atomic mass is 32.2. The molecular weight excluding hydrogens is 286 g/mol. The highest BCUT2D eigenvalue weighted by Gasteiger charge is 2.25. The van der Waals surface area contributed by atoms with Crippen LogP contribution in [0, 0.1) is 0 Å². The number of sulfonamides is 1. The van der Waals surface area contributed by atoms with Crippen LogP contribution in [-0.4, -0.2) is 94.1 Å². The Morgan fingerprint density at radius 3 is 2.35 bits per heavy atom. The number of carbonyl (C=O) groups excluding carboxylic acids is 2. The zero-order valence-corrected chi connectivity index (χ0v) is 12.6. The van der Waals surface area contributed by atoms with Crippen molar-refractivity contribution in [1.82, 2.24) is 14.1 Å². The van der Waals surface area contributed by atoms with Gasteiger partial charge in [0.2, 0.25) is 22.3 Å². The van der Waals surface area contributed by atoms with E-state index in [1.54, 1.807) is 9.80 Å². The lowest BCUT2D eigenvalue weighted by molar-refractivity contribution is -0.135. The van der Waals surface area contributed by atoms with Crippen molar-refractivity contribution in [2.45, 2.75) is 0 Å². The predicted molar refractivity (Wildman–Crippen MR) is 72.5 cm³/mol. The Kier molecular flexibility index (Phi) is 6.37. The lowest BCUT2D eigenvalue weighted by Gasteiger charge is -2.33. The van der Waals surface area contributed by atoms with Crippen LogP contribution in [-0.2, 0) is 24.3 Å². The second kappa shape index (κ2) is 7.55. The Bertz CT molecular complexity index is 431. The smallest absolute Gasteiger partial charge is 0.238 e. The van der Waals surface area contributed by atoms with Crippen molar-refractivity contribution in [2.24, 2.45) is 0 Å². The average Bonchev–Trinajstić information content (AvgIpc) is 2.42. The summed E-state index contributed by atoms with van der Waals surface area (Å²) in [5.74, 6) is -0.253. The maximum absolute atomic E-state index is 12.1. The average molecular weight is 307 g/mol. The summed E-state index contributed by atoms with van der Waals surface area (Å²) < 4.78 is 29.1. The summed E-state index contributed by atoms with van der Waals surface area (Å²) in [5.41, 5.74) is 0. The summed E-state index contributed by atoms with van der Waals surface area (Å²) in [6, 6.07) is 0. The van der Waals surface area contributed by atoms with E-state index in [0.29, 0.717) is 26.2 Å². The van der Waals surface area contributed by atoms with E-state index in [1.165, 1.54) is 7.11 Å². The second-order valence-electron chi connectivity index (χ2n) is 4.61. The molecule has 0 aromatic carbocycles. The molecule has 8 nitrogen and oxygen atoms in total. The number of methoxy groups -OCH3 is 1. The molecule has 1 heterocycles. The number of ether oxygens (including phenoxy) is 1. The third-order valence-electron chi connectivity index (χ3n) is 3.14. The van der Waals surface area contributed by atoms with Gasteiger partial charge in [0, 0.05) is 39.8 Å². The number of hydrogen-bond acceptors (Lipinski definition) is 5. The van der Waals surface area contributed by atoms with Crippen LogP contribution in [0.15, 0.2) is 0 Å². The summed E-state index contributed by atoms with van der Waals surface area (Å²) in [5, 5.41) is 0. The molecule has 1 aliphatic heterocycles. The second-order valence-corrected chi connectivity index (χ2v) is 6.59. The molecule has 0 radical (unpaired) electrons. The van der Waals surface area contributed by atoms with Gasteiger partial charge in [0.25, 0.3) is 0 Å². The van der Waals surface area contributed by atoms with Crippen LogP contribution < -0.4 is 0 Å². The summed E-state index contributed by atoms with van der Waals surface area (Å²) in [6.07, 6.45) is 1.82. The number of carbonyl (C=O) groups is 2.